The average molecular weight is 919 g/mol. The number of halogens is 8. The molecule has 4 aliphatic rings. The number of alkyl halides is 6. The summed E-state index contributed by atoms with van der Waals surface area (Å²) >= 11 is 38.6. The maximum absolute atomic E-state index is 11.8. The number of hydrogen-bond acceptors (Lipinski definition) is 8. The summed E-state index contributed by atoms with van der Waals surface area (Å²) in [6, 6.07) is 7.84. The van der Waals surface area contributed by atoms with Crippen LogP contribution in [-0.2, 0) is 35.5 Å². The molecule has 2 aromatic rings. The lowest BCUT2D eigenvalue weighted by molar-refractivity contribution is -0.696. The number of hydrogen-bond donors (Lipinski definition) is 2. The lowest BCUT2D eigenvalue weighted by Gasteiger charge is -2.45. The Morgan fingerprint density at radius 3 is 1.76 bits per heavy atom. The number of carboxylic acids is 1. The molecule has 20 heteroatoms. The molecule has 268 valence electrons. The van der Waals surface area contributed by atoms with Gasteiger partial charge in [0, 0.05) is 64.9 Å². The summed E-state index contributed by atoms with van der Waals surface area (Å²) in [5.74, 6) is 0.137. The lowest BCUT2D eigenvalue weighted by Crippen LogP contribution is -3.00. The first kappa shape index (κ1) is 42.7. The number of carboxylic acid groups (broad SMARTS) is 1. The van der Waals surface area contributed by atoms with Crippen LogP contribution in [0.1, 0.15) is 21.7 Å². The van der Waals surface area contributed by atoms with E-state index < -0.39 is 19.6 Å². The summed E-state index contributed by atoms with van der Waals surface area (Å²) in [4.78, 5) is 37.9. The molecule has 2 fully saturated rings. The van der Waals surface area contributed by atoms with E-state index in [4.69, 9.17) is 81.1 Å². The topological polar surface area (TPSA) is 141 Å². The fraction of sp³-hybridized carbons (Fsp3) is 0.414. The molecular formula is C29H30BrCl7N6O4S2. The van der Waals surface area contributed by atoms with Crippen molar-refractivity contribution in [2.75, 3.05) is 11.5 Å². The molecule has 0 aromatic carbocycles. The quantitative estimate of drug-likeness (QED) is 0.222. The zero-order valence-corrected chi connectivity index (χ0v) is 33.8. The average Bonchev–Trinajstić information content (AvgIpc) is 3.00. The second-order valence-electron chi connectivity index (χ2n) is 11.2. The van der Waals surface area contributed by atoms with Crippen molar-refractivity contribution in [1.29, 1.82) is 0 Å². The number of nitrogens with two attached hydrogens (primary N) is 2. The van der Waals surface area contributed by atoms with Crippen molar-refractivity contribution in [2.45, 2.75) is 56.3 Å². The van der Waals surface area contributed by atoms with Gasteiger partial charge in [-0.05, 0) is 0 Å². The number of pyridine rings is 2. The van der Waals surface area contributed by atoms with Crippen LogP contribution in [0.5, 0.6) is 0 Å². The molecule has 49 heavy (non-hydrogen) atoms. The summed E-state index contributed by atoms with van der Waals surface area (Å²) in [5.41, 5.74) is 15.2. The summed E-state index contributed by atoms with van der Waals surface area (Å²) in [5, 5.41) is 11.2. The Balaban J connectivity index is 0.000000257. The largest absolute Gasteiger partial charge is 1.00 e. The van der Waals surface area contributed by atoms with Gasteiger partial charge in [-0.2, -0.15) is 9.13 Å². The number of nitrogens with zero attached hydrogens (tertiary/aromatic N) is 4. The fourth-order valence-electron chi connectivity index (χ4n) is 5.37. The van der Waals surface area contributed by atoms with Gasteiger partial charge in [0.2, 0.25) is 11.8 Å². The van der Waals surface area contributed by atoms with Crippen molar-refractivity contribution < 1.29 is 45.6 Å². The van der Waals surface area contributed by atoms with Crippen molar-refractivity contribution in [1.82, 2.24) is 9.80 Å². The van der Waals surface area contributed by atoms with E-state index in [0.29, 0.717) is 31.0 Å². The highest BCUT2D eigenvalue weighted by Gasteiger charge is 2.47. The molecule has 4 atom stereocenters. The molecule has 0 bridgehead atoms. The summed E-state index contributed by atoms with van der Waals surface area (Å²) in [6.07, 6.45) is 7.63. The number of thioether (sulfide) groups is 2. The maximum Gasteiger partial charge on any atom is 0.247 e. The van der Waals surface area contributed by atoms with Gasteiger partial charge in [0.1, 0.15) is 22.8 Å². The highest BCUT2D eigenvalue weighted by atomic mass is 79.9. The zero-order chi connectivity index (χ0) is 34.3. The molecule has 2 saturated heterocycles. The summed E-state index contributed by atoms with van der Waals surface area (Å²) < 4.78 is 0.946. The van der Waals surface area contributed by atoms with Gasteiger partial charge in [0.15, 0.2) is 44.5 Å². The van der Waals surface area contributed by atoms with Crippen LogP contribution >= 0.6 is 106 Å². The second-order valence-corrected chi connectivity index (χ2v) is 18.5. The molecule has 0 aliphatic carbocycles. The number of β-lactam (4-membered cyclic amide) rings is 2. The molecule has 0 spiro atoms. The smallest absolute Gasteiger partial charge is 0.247 e. The number of carbonyl (C=O) groups is 3. The standard InChI is InChI=1S/C15H14Cl3N3O3S.C14H15Cl3N3OS.BrH.ClH/c16-15(17,18)4-10-3-9(14(23)24)1-2-20(10)5-8-6-21-12(22)11(19)13(21)25-7-8;15-14(16,17)5-10-3-1-2-4-19(10)6-9-7-20-12(21)11(18)13(20)22-8-9;;/h1-3,6,11,13H,4-5,7,19H2;1-4,7,11,13H,5-6,8,18H2;2*1H/q;+1;;/p-1/t2*11-,13+;;/m11../s1. The van der Waals surface area contributed by atoms with Crippen LogP contribution in [0.4, 0.5) is 0 Å². The third-order valence-electron chi connectivity index (χ3n) is 7.67. The van der Waals surface area contributed by atoms with E-state index in [2.05, 4.69) is 0 Å². The molecule has 6 rings (SSSR count). The second kappa shape index (κ2) is 17.4. The van der Waals surface area contributed by atoms with Crippen LogP contribution in [0.15, 0.2) is 66.3 Å². The van der Waals surface area contributed by atoms with Crippen molar-refractivity contribution in [3.8, 4) is 0 Å². The predicted molar refractivity (Wildman–Crippen MR) is 191 cm³/mol. The van der Waals surface area contributed by atoms with Gasteiger partial charge in [0.25, 0.3) is 0 Å². The first-order valence-corrected chi connectivity index (χ1v) is 18.5. The van der Waals surface area contributed by atoms with Crippen molar-refractivity contribution >= 4 is 123 Å². The predicted octanol–water partition coefficient (Wildman–Crippen LogP) is -0.184. The number of fused-ring (bicyclic) bond motifs is 2. The summed E-state index contributed by atoms with van der Waals surface area (Å²) in [7, 11) is 0. The molecule has 4 N–H and O–H groups in total. The van der Waals surface area contributed by atoms with Gasteiger partial charge in [-0.3, -0.25) is 9.59 Å². The lowest BCUT2D eigenvalue weighted by atomic mass is 10.1. The Labute approximate surface area is 338 Å². The summed E-state index contributed by atoms with van der Waals surface area (Å²) in [6.45, 7) is 1.11. The third-order valence-corrected chi connectivity index (χ3v) is 11.3. The highest BCUT2D eigenvalue weighted by Crippen LogP contribution is 2.36. The number of aromatic nitrogens is 2. The minimum Gasteiger partial charge on any atom is -1.00 e. The van der Waals surface area contributed by atoms with Gasteiger partial charge in [-0.15, -0.1) is 35.9 Å². The van der Waals surface area contributed by atoms with Crippen LogP contribution in [0.25, 0.3) is 0 Å². The van der Waals surface area contributed by atoms with Gasteiger partial charge in [0.05, 0.1) is 18.8 Å². The number of amides is 2. The van der Waals surface area contributed by atoms with Gasteiger partial charge < -0.3 is 48.1 Å². The third kappa shape index (κ3) is 10.7. The Hall–Kier alpha value is -0.680. The van der Waals surface area contributed by atoms with Crippen LogP contribution in [0.3, 0.4) is 0 Å². The van der Waals surface area contributed by atoms with Gasteiger partial charge >= 0.3 is 0 Å². The Kier molecular flexibility index (Phi) is 15.2. The number of aromatic carboxylic acids is 1. The van der Waals surface area contributed by atoms with E-state index in [0.717, 1.165) is 22.6 Å². The van der Waals surface area contributed by atoms with Crippen molar-refractivity contribution in [3.63, 3.8) is 0 Å². The molecule has 6 heterocycles. The van der Waals surface area contributed by atoms with Crippen LogP contribution in [0.2, 0.25) is 0 Å². The minimum absolute atomic E-state index is 0. The van der Waals surface area contributed by atoms with Gasteiger partial charge in [-0.1, -0.05) is 75.7 Å². The number of carbonyl (C=O) groups excluding carboxylic acids is 3. The van der Waals surface area contributed by atoms with E-state index >= 15 is 0 Å². The van der Waals surface area contributed by atoms with Crippen molar-refractivity contribution in [2.24, 2.45) is 11.5 Å². The maximum atomic E-state index is 11.8. The minimum atomic E-state index is -1.56. The molecule has 2 aromatic heterocycles. The molecule has 0 radical (unpaired) electrons. The van der Waals surface area contributed by atoms with Crippen LogP contribution in [0, 0.1) is 0 Å². The zero-order valence-electron chi connectivity index (χ0n) is 25.2. The van der Waals surface area contributed by atoms with Crippen molar-refractivity contribution in [3.05, 3.63) is 83.2 Å². The first-order chi connectivity index (χ1) is 22.0. The van der Waals surface area contributed by atoms with E-state index in [1.807, 2.05) is 35.2 Å². The molecule has 4 aliphatic heterocycles. The molecule has 0 unspecified atom stereocenters. The number of rotatable bonds is 7. The Bertz CT molecular complexity index is 1640. The normalized spacial score (nSPS) is 22.8. The Morgan fingerprint density at radius 1 is 0.816 bits per heavy atom. The molecule has 10 nitrogen and oxygen atoms in total. The molecular weight excluding hydrogens is 889 g/mol. The Morgan fingerprint density at radius 2 is 1.29 bits per heavy atom. The fourth-order valence-corrected chi connectivity index (χ4v) is 8.59. The highest BCUT2D eigenvalue weighted by molar-refractivity contribution is 8.00. The van der Waals surface area contributed by atoms with E-state index in [1.165, 1.54) is 12.1 Å². The molecule has 2 amide bonds. The van der Waals surface area contributed by atoms with Crippen LogP contribution < -0.4 is 42.7 Å². The van der Waals surface area contributed by atoms with Gasteiger partial charge in [-0.25, -0.2) is 0 Å². The van der Waals surface area contributed by atoms with E-state index in [1.54, 1.807) is 50.3 Å². The SMILES string of the molecule is Cl.N[C@@H]1C(=O)N2C=C(C[n+]3ccc(C(=O)[O-])cc3CC(Cl)(Cl)Cl)CS[C@@H]12.N[C@@H]1C(=O)N2C=C(C[n+]3ccccc3CC(Cl)(Cl)Cl)CS[C@@H]12.[Br-]. The van der Waals surface area contributed by atoms with Crippen LogP contribution in [-0.4, -0.2) is 69.5 Å². The molecule has 0 saturated carbocycles. The monoisotopic (exact) mass is 914 g/mol. The van der Waals surface area contributed by atoms with E-state index in [-0.39, 0.29) is 70.0 Å². The van der Waals surface area contributed by atoms with E-state index in [9.17, 15) is 19.5 Å². The first-order valence-electron chi connectivity index (χ1n) is 14.1.